The van der Waals surface area contributed by atoms with Gasteiger partial charge >= 0.3 is 0 Å². The standard InChI is InChI=1S/C23H30ClN/c1-22-13-11-21-18(8-7-17-6-2-3-12-23(17,21)24)20(22)10-9-19(22)16-5-4-14-25-15-16/h4-6,9,15,18,20-21,25H,2-3,7-8,10-14H2,1H3/t18-,20?,21?,22+,23+/m0/s1. The number of rotatable bonds is 1. The molecule has 0 aromatic heterocycles. The molecule has 0 spiro atoms. The van der Waals surface area contributed by atoms with Gasteiger partial charge in [0.15, 0.2) is 0 Å². The molecular weight excluding hydrogens is 326 g/mol. The Balaban J connectivity index is 1.46. The van der Waals surface area contributed by atoms with Gasteiger partial charge in [0.25, 0.3) is 0 Å². The Kier molecular flexibility index (Phi) is 3.75. The van der Waals surface area contributed by atoms with Crippen molar-refractivity contribution < 1.29 is 0 Å². The first kappa shape index (κ1) is 16.2. The van der Waals surface area contributed by atoms with Gasteiger partial charge in [-0.1, -0.05) is 36.8 Å². The van der Waals surface area contributed by atoms with Crippen molar-refractivity contribution in [2.75, 3.05) is 6.54 Å². The summed E-state index contributed by atoms with van der Waals surface area (Å²) in [5.74, 6) is 2.30. The van der Waals surface area contributed by atoms with Crippen molar-refractivity contribution in [3.8, 4) is 0 Å². The van der Waals surface area contributed by atoms with Crippen LogP contribution in [0.2, 0.25) is 0 Å². The summed E-state index contributed by atoms with van der Waals surface area (Å²) in [6.45, 7) is 3.51. The Morgan fingerprint density at radius 2 is 2.08 bits per heavy atom. The third-order valence-electron chi connectivity index (χ3n) is 8.12. The van der Waals surface area contributed by atoms with Crippen LogP contribution in [0.3, 0.4) is 0 Å². The van der Waals surface area contributed by atoms with E-state index in [9.17, 15) is 0 Å². The van der Waals surface area contributed by atoms with Crippen LogP contribution in [0.15, 0.2) is 47.2 Å². The zero-order valence-electron chi connectivity index (χ0n) is 15.4. The first-order chi connectivity index (χ1) is 12.1. The molecule has 134 valence electrons. The van der Waals surface area contributed by atoms with E-state index >= 15 is 0 Å². The van der Waals surface area contributed by atoms with Crippen LogP contribution in [0.1, 0.15) is 58.3 Å². The molecular formula is C23H30ClN. The minimum absolute atomic E-state index is 0.00316. The fraction of sp³-hybridized carbons (Fsp3) is 0.652. The number of fused-ring (bicyclic) bond motifs is 5. The van der Waals surface area contributed by atoms with Gasteiger partial charge in [-0.2, -0.15) is 0 Å². The molecule has 1 nitrogen and oxygen atoms in total. The molecule has 5 rings (SSSR count). The Morgan fingerprint density at radius 3 is 2.92 bits per heavy atom. The van der Waals surface area contributed by atoms with Crippen LogP contribution in [-0.2, 0) is 0 Å². The fourth-order valence-electron chi connectivity index (χ4n) is 6.93. The van der Waals surface area contributed by atoms with Gasteiger partial charge in [0.1, 0.15) is 0 Å². The molecule has 0 bridgehead atoms. The van der Waals surface area contributed by atoms with Crippen LogP contribution >= 0.6 is 11.6 Å². The van der Waals surface area contributed by atoms with E-state index in [1.807, 2.05) is 0 Å². The minimum atomic E-state index is -0.00316. The van der Waals surface area contributed by atoms with Crippen LogP contribution in [-0.4, -0.2) is 11.4 Å². The molecule has 2 fully saturated rings. The molecule has 2 unspecified atom stereocenters. The summed E-state index contributed by atoms with van der Waals surface area (Å²) in [6.07, 6.45) is 22.1. The Hall–Kier alpha value is -0.950. The Labute approximate surface area is 157 Å². The number of nitrogens with one attached hydrogen (secondary N) is 1. The van der Waals surface area contributed by atoms with Crippen molar-refractivity contribution in [1.82, 2.24) is 5.32 Å². The highest BCUT2D eigenvalue weighted by atomic mass is 35.5. The van der Waals surface area contributed by atoms with E-state index in [1.54, 1.807) is 11.1 Å². The quantitative estimate of drug-likeness (QED) is 0.456. The molecule has 25 heavy (non-hydrogen) atoms. The van der Waals surface area contributed by atoms with Gasteiger partial charge in [-0.3, -0.25) is 0 Å². The molecule has 1 aliphatic heterocycles. The largest absolute Gasteiger partial charge is 0.387 e. The van der Waals surface area contributed by atoms with Gasteiger partial charge in [-0.05, 0) is 85.7 Å². The van der Waals surface area contributed by atoms with E-state index in [-0.39, 0.29) is 4.87 Å². The average molecular weight is 356 g/mol. The van der Waals surface area contributed by atoms with Crippen molar-refractivity contribution >= 4 is 11.6 Å². The molecule has 2 saturated carbocycles. The predicted molar refractivity (Wildman–Crippen MR) is 105 cm³/mol. The second-order valence-corrected chi connectivity index (χ2v) is 9.79. The molecule has 2 heteroatoms. The molecule has 4 aliphatic carbocycles. The topological polar surface area (TPSA) is 12.0 Å². The molecule has 0 radical (unpaired) electrons. The SMILES string of the molecule is C[C@]12CCC3[C@@H](CCC4=CCCC[C@@]43Cl)C1CC=C2C1=CNCC=C1. The van der Waals surface area contributed by atoms with Crippen LogP contribution < -0.4 is 5.32 Å². The third kappa shape index (κ3) is 2.27. The van der Waals surface area contributed by atoms with Crippen molar-refractivity contribution in [1.29, 1.82) is 0 Å². The molecule has 0 saturated heterocycles. The van der Waals surface area contributed by atoms with E-state index in [2.05, 4.69) is 42.7 Å². The summed E-state index contributed by atoms with van der Waals surface area (Å²) in [5.41, 5.74) is 4.97. The highest BCUT2D eigenvalue weighted by Gasteiger charge is 2.57. The van der Waals surface area contributed by atoms with E-state index < -0.39 is 0 Å². The number of alkyl halides is 1. The highest BCUT2D eigenvalue weighted by molar-refractivity contribution is 6.26. The monoisotopic (exact) mass is 355 g/mol. The van der Waals surface area contributed by atoms with E-state index in [1.165, 1.54) is 56.9 Å². The molecule has 5 atom stereocenters. The lowest BCUT2D eigenvalue weighted by molar-refractivity contribution is 0.0184. The van der Waals surface area contributed by atoms with Gasteiger partial charge in [0, 0.05) is 12.7 Å². The zero-order chi connectivity index (χ0) is 17.1. The normalized spacial score (nSPS) is 45.4. The molecule has 5 aliphatic rings. The predicted octanol–water partition coefficient (Wildman–Crippen LogP) is 5.89. The Bertz CT molecular complexity index is 699. The van der Waals surface area contributed by atoms with Crippen molar-refractivity contribution in [3.05, 3.63) is 47.2 Å². The lowest BCUT2D eigenvalue weighted by Gasteiger charge is -2.56. The van der Waals surface area contributed by atoms with Crippen LogP contribution in [0.25, 0.3) is 0 Å². The van der Waals surface area contributed by atoms with Gasteiger partial charge < -0.3 is 5.32 Å². The summed E-state index contributed by atoms with van der Waals surface area (Å²) in [6, 6.07) is 0. The summed E-state index contributed by atoms with van der Waals surface area (Å²) >= 11 is 7.35. The second-order valence-electron chi connectivity index (χ2n) is 9.12. The van der Waals surface area contributed by atoms with Crippen molar-refractivity contribution in [3.63, 3.8) is 0 Å². The lowest BCUT2D eigenvalue weighted by atomic mass is 9.51. The third-order valence-corrected chi connectivity index (χ3v) is 8.84. The summed E-state index contributed by atoms with van der Waals surface area (Å²) in [4.78, 5) is -0.00316. The van der Waals surface area contributed by atoms with Gasteiger partial charge in [0.05, 0.1) is 4.87 Å². The van der Waals surface area contributed by atoms with Gasteiger partial charge in [0.2, 0.25) is 0 Å². The van der Waals surface area contributed by atoms with Crippen LogP contribution in [0.4, 0.5) is 0 Å². The van der Waals surface area contributed by atoms with Gasteiger partial charge in [-0.25, -0.2) is 0 Å². The fourth-order valence-corrected chi connectivity index (χ4v) is 7.51. The molecule has 1 heterocycles. The number of allylic oxidation sites excluding steroid dienone is 6. The zero-order valence-corrected chi connectivity index (χ0v) is 16.1. The van der Waals surface area contributed by atoms with Crippen LogP contribution in [0.5, 0.6) is 0 Å². The summed E-state index contributed by atoms with van der Waals surface area (Å²) in [7, 11) is 0. The van der Waals surface area contributed by atoms with Crippen molar-refractivity contribution in [2.24, 2.45) is 23.2 Å². The van der Waals surface area contributed by atoms with Crippen molar-refractivity contribution in [2.45, 2.75) is 63.2 Å². The maximum atomic E-state index is 7.35. The smallest absolute Gasteiger partial charge is 0.0686 e. The summed E-state index contributed by atoms with van der Waals surface area (Å²) < 4.78 is 0. The molecule has 1 N–H and O–H groups in total. The van der Waals surface area contributed by atoms with E-state index in [0.29, 0.717) is 11.3 Å². The molecule has 0 aromatic rings. The Morgan fingerprint density at radius 1 is 1.16 bits per heavy atom. The van der Waals surface area contributed by atoms with Gasteiger partial charge in [-0.15, -0.1) is 11.6 Å². The molecule has 0 aromatic carbocycles. The van der Waals surface area contributed by atoms with E-state index in [4.69, 9.17) is 11.6 Å². The maximum Gasteiger partial charge on any atom is 0.0686 e. The van der Waals surface area contributed by atoms with E-state index in [0.717, 1.165) is 18.4 Å². The molecule has 0 amide bonds. The van der Waals surface area contributed by atoms with Crippen LogP contribution in [0, 0.1) is 23.2 Å². The first-order valence-corrected chi connectivity index (χ1v) is 10.7. The first-order valence-electron chi connectivity index (χ1n) is 10.3. The second kappa shape index (κ2) is 5.78. The maximum absolute atomic E-state index is 7.35. The number of hydrogen-bond acceptors (Lipinski definition) is 1. The number of hydrogen-bond donors (Lipinski definition) is 1. The lowest BCUT2D eigenvalue weighted by Crippen LogP contribution is -2.51. The highest BCUT2D eigenvalue weighted by Crippen LogP contribution is 2.65. The number of dihydropyridines is 1. The minimum Gasteiger partial charge on any atom is -0.387 e. The number of halogens is 1. The average Bonchev–Trinajstić information content (AvgIpc) is 2.99. The summed E-state index contributed by atoms with van der Waals surface area (Å²) in [5, 5.41) is 3.41.